The molecular formula is C25H25N3O4. The van der Waals surface area contributed by atoms with Crippen LogP contribution in [0.3, 0.4) is 0 Å². The summed E-state index contributed by atoms with van der Waals surface area (Å²) >= 11 is 0. The first-order chi connectivity index (χ1) is 15.6. The SMILES string of the molecule is COc1cccc2c1CC[C@H]1CN(CCn3c(=O)[nH]c4c(oc5ccccc54)c3=O)C[C@@H]21. The zero-order valence-electron chi connectivity index (χ0n) is 18.0. The summed E-state index contributed by atoms with van der Waals surface area (Å²) in [6.07, 6.45) is 2.18. The molecule has 1 fully saturated rings. The minimum Gasteiger partial charge on any atom is -0.496 e. The normalized spacial score (nSPS) is 20.5. The van der Waals surface area contributed by atoms with Crippen molar-refractivity contribution < 1.29 is 9.15 Å². The summed E-state index contributed by atoms with van der Waals surface area (Å²) in [5, 5.41) is 0.751. The number of rotatable bonds is 4. The number of nitrogens with one attached hydrogen (secondary N) is 1. The smallest absolute Gasteiger partial charge is 0.329 e. The van der Waals surface area contributed by atoms with Gasteiger partial charge in [0, 0.05) is 37.5 Å². The Balaban J connectivity index is 1.25. The van der Waals surface area contributed by atoms with Crippen molar-refractivity contribution in [1.29, 1.82) is 0 Å². The molecule has 0 unspecified atom stereocenters. The molecule has 7 nitrogen and oxygen atoms in total. The van der Waals surface area contributed by atoms with Crippen molar-refractivity contribution in [3.05, 3.63) is 74.4 Å². The molecule has 0 saturated carbocycles. The van der Waals surface area contributed by atoms with Gasteiger partial charge in [0.2, 0.25) is 5.58 Å². The molecule has 6 rings (SSSR count). The standard InChI is InChI=1S/C25H25N3O4/c1-31-20-8-4-6-16-17(20)10-9-15-13-27(14-19(15)16)11-12-28-24(29)23-22(26-25(28)30)18-5-2-3-7-21(18)32-23/h2-8,15,19H,9-14H2,1H3,(H,26,30)/t15-,19+/m0/s1. The molecule has 2 atom stereocenters. The van der Waals surface area contributed by atoms with E-state index in [1.54, 1.807) is 13.2 Å². The predicted molar refractivity (Wildman–Crippen MR) is 123 cm³/mol. The molecule has 4 aromatic rings. The molecule has 2 aromatic carbocycles. The lowest BCUT2D eigenvalue weighted by atomic mass is 9.77. The Bertz CT molecular complexity index is 1450. The number of likely N-dealkylation sites (tertiary alicyclic amines) is 1. The molecule has 2 aromatic heterocycles. The fourth-order valence-electron chi connectivity index (χ4n) is 5.66. The van der Waals surface area contributed by atoms with Gasteiger partial charge in [-0.15, -0.1) is 0 Å². The van der Waals surface area contributed by atoms with Crippen molar-refractivity contribution in [2.45, 2.75) is 25.3 Å². The van der Waals surface area contributed by atoms with E-state index in [0.717, 1.165) is 37.1 Å². The maximum Gasteiger partial charge on any atom is 0.329 e. The van der Waals surface area contributed by atoms with Crippen LogP contribution in [0.1, 0.15) is 23.5 Å². The number of aromatic amines is 1. The molecule has 3 heterocycles. The largest absolute Gasteiger partial charge is 0.496 e. The highest BCUT2D eigenvalue weighted by Crippen LogP contribution is 2.43. The third kappa shape index (κ3) is 2.92. The Morgan fingerprint density at radius 3 is 2.84 bits per heavy atom. The molecule has 0 radical (unpaired) electrons. The van der Waals surface area contributed by atoms with Gasteiger partial charge in [0.05, 0.1) is 7.11 Å². The number of para-hydroxylation sites is 1. The first-order valence-electron chi connectivity index (χ1n) is 11.2. The molecule has 1 aliphatic carbocycles. The van der Waals surface area contributed by atoms with Gasteiger partial charge in [-0.25, -0.2) is 4.79 Å². The number of aromatic nitrogens is 2. The van der Waals surface area contributed by atoms with Gasteiger partial charge in [0.25, 0.3) is 5.56 Å². The lowest BCUT2D eigenvalue weighted by molar-refractivity contribution is 0.303. The van der Waals surface area contributed by atoms with Crippen LogP contribution in [0.15, 0.2) is 56.5 Å². The number of benzene rings is 2. The second-order valence-corrected chi connectivity index (χ2v) is 8.88. The van der Waals surface area contributed by atoms with Crippen LogP contribution < -0.4 is 16.0 Å². The van der Waals surface area contributed by atoms with Crippen LogP contribution in [0.2, 0.25) is 0 Å². The maximum absolute atomic E-state index is 13.0. The van der Waals surface area contributed by atoms with Gasteiger partial charge in [-0.3, -0.25) is 9.36 Å². The number of H-pyrrole nitrogens is 1. The van der Waals surface area contributed by atoms with E-state index in [1.165, 1.54) is 15.7 Å². The quantitative estimate of drug-likeness (QED) is 0.537. The fourth-order valence-corrected chi connectivity index (χ4v) is 5.66. The summed E-state index contributed by atoms with van der Waals surface area (Å²) in [5.74, 6) is 2.06. The van der Waals surface area contributed by atoms with Crippen LogP contribution in [0.4, 0.5) is 0 Å². The number of methoxy groups -OCH3 is 1. The number of hydrogen-bond donors (Lipinski definition) is 1. The summed E-state index contributed by atoms with van der Waals surface area (Å²) < 4.78 is 12.6. The third-order valence-electron chi connectivity index (χ3n) is 7.22. The van der Waals surface area contributed by atoms with Gasteiger partial charge in [0.1, 0.15) is 16.8 Å². The monoisotopic (exact) mass is 431 g/mol. The van der Waals surface area contributed by atoms with Crippen molar-refractivity contribution in [1.82, 2.24) is 14.5 Å². The minimum atomic E-state index is -0.388. The topological polar surface area (TPSA) is 80.5 Å². The Labute approximate surface area is 184 Å². The van der Waals surface area contributed by atoms with E-state index < -0.39 is 0 Å². The van der Waals surface area contributed by atoms with Crippen LogP contribution >= 0.6 is 0 Å². The summed E-state index contributed by atoms with van der Waals surface area (Å²) in [5.41, 5.74) is 3.26. The van der Waals surface area contributed by atoms with Gasteiger partial charge < -0.3 is 19.0 Å². The zero-order chi connectivity index (χ0) is 21.8. The molecule has 1 N–H and O–H groups in total. The average molecular weight is 431 g/mol. The number of hydrogen-bond acceptors (Lipinski definition) is 5. The van der Waals surface area contributed by atoms with Crippen LogP contribution in [-0.4, -0.2) is 41.2 Å². The van der Waals surface area contributed by atoms with E-state index in [1.807, 2.05) is 24.3 Å². The van der Waals surface area contributed by atoms with Gasteiger partial charge >= 0.3 is 5.69 Å². The molecule has 1 saturated heterocycles. The van der Waals surface area contributed by atoms with Crippen LogP contribution in [0.25, 0.3) is 22.1 Å². The summed E-state index contributed by atoms with van der Waals surface area (Å²) in [6.45, 7) is 2.91. The van der Waals surface area contributed by atoms with Crippen molar-refractivity contribution >= 4 is 22.1 Å². The molecule has 164 valence electrons. The minimum absolute atomic E-state index is 0.210. The number of nitrogens with zero attached hydrogens (tertiary/aromatic N) is 2. The molecular weight excluding hydrogens is 406 g/mol. The molecule has 0 bridgehead atoms. The fraction of sp³-hybridized carbons (Fsp3) is 0.360. The zero-order valence-corrected chi connectivity index (χ0v) is 18.0. The van der Waals surface area contributed by atoms with Crippen LogP contribution in [0, 0.1) is 5.92 Å². The molecule has 7 heteroatoms. The first kappa shape index (κ1) is 19.4. The Morgan fingerprint density at radius 1 is 1.09 bits per heavy atom. The average Bonchev–Trinajstić information content (AvgIpc) is 3.40. The van der Waals surface area contributed by atoms with Crippen LogP contribution in [0.5, 0.6) is 5.75 Å². The first-order valence-corrected chi connectivity index (χ1v) is 11.2. The Kier molecular flexibility index (Phi) is 4.47. The van der Waals surface area contributed by atoms with Crippen molar-refractivity contribution in [2.24, 2.45) is 5.92 Å². The van der Waals surface area contributed by atoms with E-state index >= 15 is 0 Å². The van der Waals surface area contributed by atoms with Gasteiger partial charge in [-0.2, -0.15) is 0 Å². The molecule has 32 heavy (non-hydrogen) atoms. The van der Waals surface area contributed by atoms with E-state index in [-0.39, 0.29) is 16.8 Å². The van der Waals surface area contributed by atoms with E-state index in [0.29, 0.717) is 36.0 Å². The predicted octanol–water partition coefficient (Wildman–Crippen LogP) is 3.11. The van der Waals surface area contributed by atoms with Crippen molar-refractivity contribution in [2.75, 3.05) is 26.7 Å². The van der Waals surface area contributed by atoms with Gasteiger partial charge in [0.15, 0.2) is 0 Å². The summed E-state index contributed by atoms with van der Waals surface area (Å²) in [7, 11) is 1.73. The highest BCUT2D eigenvalue weighted by molar-refractivity contribution is 6.01. The maximum atomic E-state index is 13.0. The Morgan fingerprint density at radius 2 is 1.97 bits per heavy atom. The highest BCUT2D eigenvalue weighted by Gasteiger charge is 2.38. The lowest BCUT2D eigenvalue weighted by Gasteiger charge is -2.28. The number of furan rings is 1. The van der Waals surface area contributed by atoms with E-state index in [2.05, 4.69) is 22.0 Å². The second kappa shape index (κ2) is 7.38. The Hall–Kier alpha value is -3.32. The number of fused-ring (bicyclic) bond motifs is 6. The summed E-state index contributed by atoms with van der Waals surface area (Å²) in [6, 6.07) is 13.7. The molecule has 0 amide bonds. The lowest BCUT2D eigenvalue weighted by Crippen LogP contribution is -2.38. The third-order valence-corrected chi connectivity index (χ3v) is 7.22. The van der Waals surface area contributed by atoms with Crippen molar-refractivity contribution in [3.8, 4) is 5.75 Å². The molecule has 1 aliphatic heterocycles. The highest BCUT2D eigenvalue weighted by atomic mass is 16.5. The second-order valence-electron chi connectivity index (χ2n) is 8.88. The van der Waals surface area contributed by atoms with Crippen LogP contribution in [-0.2, 0) is 13.0 Å². The van der Waals surface area contributed by atoms with Gasteiger partial charge in [-0.05, 0) is 48.1 Å². The van der Waals surface area contributed by atoms with E-state index in [4.69, 9.17) is 9.15 Å². The van der Waals surface area contributed by atoms with Crippen molar-refractivity contribution in [3.63, 3.8) is 0 Å². The van der Waals surface area contributed by atoms with E-state index in [9.17, 15) is 9.59 Å². The number of ether oxygens (including phenoxy) is 1. The van der Waals surface area contributed by atoms with Gasteiger partial charge in [-0.1, -0.05) is 24.3 Å². The molecule has 2 aliphatic rings. The molecule has 0 spiro atoms. The summed E-state index contributed by atoms with van der Waals surface area (Å²) in [4.78, 5) is 31.0.